The maximum absolute atomic E-state index is 11.8. The van der Waals surface area contributed by atoms with E-state index >= 15 is 0 Å². The normalized spacial score (nSPS) is 19.1. The minimum atomic E-state index is -0.524. The summed E-state index contributed by atoms with van der Waals surface area (Å²) >= 11 is 0. The largest absolute Gasteiger partial charge is 0.385 e. The van der Waals surface area contributed by atoms with Gasteiger partial charge in [0.05, 0.1) is 12.6 Å². The second-order valence-corrected chi connectivity index (χ2v) is 4.91. The molecule has 7 nitrogen and oxygen atoms in total. The van der Waals surface area contributed by atoms with Crippen LogP contribution in [-0.4, -0.2) is 62.1 Å². The van der Waals surface area contributed by atoms with Gasteiger partial charge in [-0.05, 0) is 19.3 Å². The van der Waals surface area contributed by atoms with Crippen LogP contribution in [0.2, 0.25) is 0 Å². The minimum absolute atomic E-state index is 0.130. The second kappa shape index (κ2) is 8.08. The van der Waals surface area contributed by atoms with Gasteiger partial charge in [-0.3, -0.25) is 14.5 Å². The van der Waals surface area contributed by atoms with Gasteiger partial charge in [0.2, 0.25) is 11.8 Å². The minimum Gasteiger partial charge on any atom is -0.385 e. The summed E-state index contributed by atoms with van der Waals surface area (Å²) in [4.78, 5) is 24.6. The first kappa shape index (κ1) is 15.9. The summed E-state index contributed by atoms with van der Waals surface area (Å²) < 4.78 is 4.89. The van der Waals surface area contributed by atoms with E-state index in [0.717, 1.165) is 25.9 Å². The smallest absolute Gasteiger partial charge is 0.237 e. The quantitative estimate of drug-likeness (QED) is 0.518. The molecule has 5 N–H and O–H groups in total. The van der Waals surface area contributed by atoms with E-state index in [1.807, 2.05) is 4.90 Å². The highest BCUT2D eigenvalue weighted by molar-refractivity contribution is 5.81. The van der Waals surface area contributed by atoms with Crippen LogP contribution in [0.3, 0.4) is 0 Å². The number of nitrogens with zero attached hydrogens (tertiary/aromatic N) is 1. The first-order valence-electron chi connectivity index (χ1n) is 6.58. The number of methoxy groups -OCH3 is 1. The lowest BCUT2D eigenvalue weighted by atomic mass is 10.0. The molecule has 0 spiro atoms. The molecule has 2 amide bonds. The van der Waals surface area contributed by atoms with Crippen LogP contribution >= 0.6 is 0 Å². The number of amides is 2. The van der Waals surface area contributed by atoms with E-state index in [2.05, 4.69) is 5.32 Å². The molecule has 0 saturated carbocycles. The SMILES string of the molecule is COCCC(N)C(=O)NC1CCN(CC(N)=O)CC1. The fourth-order valence-corrected chi connectivity index (χ4v) is 2.14. The molecule has 1 rings (SSSR count). The molecule has 0 bridgehead atoms. The highest BCUT2D eigenvalue weighted by Gasteiger charge is 2.23. The molecule has 7 heteroatoms. The molecular formula is C12H24N4O3. The van der Waals surface area contributed by atoms with Crippen molar-refractivity contribution < 1.29 is 14.3 Å². The molecule has 19 heavy (non-hydrogen) atoms. The molecule has 1 fully saturated rings. The number of ether oxygens (including phenoxy) is 1. The number of hydrogen-bond donors (Lipinski definition) is 3. The molecule has 1 atom stereocenters. The van der Waals surface area contributed by atoms with Crippen molar-refractivity contribution in [2.45, 2.75) is 31.3 Å². The Hall–Kier alpha value is -1.18. The van der Waals surface area contributed by atoms with Crippen LogP contribution in [0.5, 0.6) is 0 Å². The first-order chi connectivity index (χ1) is 9.02. The Morgan fingerprint density at radius 1 is 1.42 bits per heavy atom. The summed E-state index contributed by atoms with van der Waals surface area (Å²) in [5.41, 5.74) is 10.9. The first-order valence-corrected chi connectivity index (χ1v) is 6.58. The molecule has 0 aromatic heterocycles. The van der Waals surface area contributed by atoms with Crippen molar-refractivity contribution in [3.8, 4) is 0 Å². The number of primary amides is 1. The highest BCUT2D eigenvalue weighted by atomic mass is 16.5. The van der Waals surface area contributed by atoms with Gasteiger partial charge in [-0.2, -0.15) is 0 Å². The van der Waals surface area contributed by atoms with Gasteiger partial charge >= 0.3 is 0 Å². The Morgan fingerprint density at radius 2 is 2.05 bits per heavy atom. The average Bonchev–Trinajstić information content (AvgIpc) is 2.37. The molecule has 0 aromatic rings. The standard InChI is InChI=1S/C12H24N4O3/c1-19-7-4-10(13)12(18)15-9-2-5-16(6-3-9)8-11(14)17/h9-10H,2-8,13H2,1H3,(H2,14,17)(H,15,18). The van der Waals surface area contributed by atoms with E-state index in [-0.39, 0.29) is 24.4 Å². The van der Waals surface area contributed by atoms with Crippen molar-refractivity contribution in [2.75, 3.05) is 33.4 Å². The molecule has 0 radical (unpaired) electrons. The molecule has 110 valence electrons. The number of rotatable bonds is 7. The van der Waals surface area contributed by atoms with Gasteiger partial charge < -0.3 is 21.5 Å². The molecule has 0 aromatic carbocycles. The van der Waals surface area contributed by atoms with E-state index in [9.17, 15) is 9.59 Å². The van der Waals surface area contributed by atoms with Crippen molar-refractivity contribution in [3.05, 3.63) is 0 Å². The van der Waals surface area contributed by atoms with Gasteiger partial charge in [0, 0.05) is 32.8 Å². The summed E-state index contributed by atoms with van der Waals surface area (Å²) in [7, 11) is 1.58. The number of piperidine rings is 1. The lowest BCUT2D eigenvalue weighted by Crippen LogP contribution is -2.50. The maximum Gasteiger partial charge on any atom is 0.237 e. The number of hydrogen-bond acceptors (Lipinski definition) is 5. The lowest BCUT2D eigenvalue weighted by molar-refractivity contribution is -0.124. The second-order valence-electron chi connectivity index (χ2n) is 4.91. The van der Waals surface area contributed by atoms with Gasteiger partial charge in [-0.1, -0.05) is 0 Å². The van der Waals surface area contributed by atoms with Gasteiger partial charge in [0.1, 0.15) is 0 Å². The van der Waals surface area contributed by atoms with Crippen LogP contribution in [0.15, 0.2) is 0 Å². The van der Waals surface area contributed by atoms with Crippen LogP contribution < -0.4 is 16.8 Å². The molecule has 1 heterocycles. The Morgan fingerprint density at radius 3 is 2.58 bits per heavy atom. The van der Waals surface area contributed by atoms with E-state index in [0.29, 0.717) is 13.0 Å². The van der Waals surface area contributed by atoms with Crippen LogP contribution in [0.4, 0.5) is 0 Å². The van der Waals surface area contributed by atoms with Crippen molar-refractivity contribution >= 4 is 11.8 Å². The summed E-state index contributed by atoms with van der Waals surface area (Å²) in [5, 5.41) is 2.94. The van der Waals surface area contributed by atoms with E-state index < -0.39 is 6.04 Å². The fourth-order valence-electron chi connectivity index (χ4n) is 2.14. The lowest BCUT2D eigenvalue weighted by Gasteiger charge is -2.32. The average molecular weight is 272 g/mol. The predicted molar refractivity (Wildman–Crippen MR) is 71.3 cm³/mol. The highest BCUT2D eigenvalue weighted by Crippen LogP contribution is 2.10. The third-order valence-corrected chi connectivity index (χ3v) is 3.28. The van der Waals surface area contributed by atoms with Crippen LogP contribution in [-0.2, 0) is 14.3 Å². The molecule has 1 aliphatic rings. The van der Waals surface area contributed by atoms with Crippen molar-refractivity contribution in [2.24, 2.45) is 11.5 Å². The third-order valence-electron chi connectivity index (χ3n) is 3.28. The van der Waals surface area contributed by atoms with Crippen molar-refractivity contribution in [1.29, 1.82) is 0 Å². The van der Waals surface area contributed by atoms with Gasteiger partial charge in [-0.25, -0.2) is 0 Å². The Bertz CT molecular complexity index is 303. The zero-order valence-corrected chi connectivity index (χ0v) is 11.4. The molecule has 0 aliphatic carbocycles. The number of carbonyl (C=O) groups excluding carboxylic acids is 2. The van der Waals surface area contributed by atoms with Crippen molar-refractivity contribution in [3.63, 3.8) is 0 Å². The number of likely N-dealkylation sites (tertiary alicyclic amines) is 1. The molecule has 1 aliphatic heterocycles. The number of carbonyl (C=O) groups is 2. The van der Waals surface area contributed by atoms with Gasteiger partial charge in [0.15, 0.2) is 0 Å². The molecule has 1 unspecified atom stereocenters. The molecular weight excluding hydrogens is 248 g/mol. The van der Waals surface area contributed by atoms with E-state index in [4.69, 9.17) is 16.2 Å². The van der Waals surface area contributed by atoms with Gasteiger partial charge in [-0.15, -0.1) is 0 Å². The third kappa shape index (κ3) is 6.00. The van der Waals surface area contributed by atoms with Gasteiger partial charge in [0.25, 0.3) is 0 Å². The number of nitrogens with one attached hydrogen (secondary N) is 1. The topological polar surface area (TPSA) is 111 Å². The summed E-state index contributed by atoms with van der Waals surface area (Å²) in [5.74, 6) is -0.450. The van der Waals surface area contributed by atoms with E-state index in [1.165, 1.54) is 0 Å². The summed E-state index contributed by atoms with van der Waals surface area (Å²) in [6.07, 6.45) is 2.15. The fraction of sp³-hybridized carbons (Fsp3) is 0.833. The Kier molecular flexibility index (Phi) is 6.75. The van der Waals surface area contributed by atoms with Crippen LogP contribution in [0.25, 0.3) is 0 Å². The monoisotopic (exact) mass is 272 g/mol. The Balaban J connectivity index is 2.24. The van der Waals surface area contributed by atoms with Crippen molar-refractivity contribution in [1.82, 2.24) is 10.2 Å². The molecule has 1 saturated heterocycles. The van der Waals surface area contributed by atoms with Crippen LogP contribution in [0.1, 0.15) is 19.3 Å². The van der Waals surface area contributed by atoms with E-state index in [1.54, 1.807) is 7.11 Å². The number of nitrogens with two attached hydrogens (primary N) is 2. The summed E-state index contributed by atoms with van der Waals surface area (Å²) in [6.45, 7) is 2.29. The summed E-state index contributed by atoms with van der Waals surface area (Å²) in [6, 6.07) is -0.395. The Labute approximate surface area is 113 Å². The predicted octanol–water partition coefficient (Wildman–Crippen LogP) is -1.58. The zero-order chi connectivity index (χ0) is 14.3. The zero-order valence-electron chi connectivity index (χ0n) is 11.4. The maximum atomic E-state index is 11.8. The van der Waals surface area contributed by atoms with Crippen LogP contribution in [0, 0.1) is 0 Å².